The second-order valence-electron chi connectivity index (χ2n) is 2.34. The maximum Gasteiger partial charge on any atom is 0.307 e. The molecular weight excluding hydrogens is 152 g/mol. The van der Waals surface area contributed by atoms with Crippen LogP contribution in [0.5, 0.6) is 0 Å². The lowest BCUT2D eigenvalue weighted by Gasteiger charge is -1.86. The van der Waals surface area contributed by atoms with Crippen molar-refractivity contribution in [2.45, 2.75) is 33.1 Å². The van der Waals surface area contributed by atoms with E-state index in [9.17, 15) is 4.79 Å². The lowest BCUT2D eigenvalue weighted by Crippen LogP contribution is -1.88. The minimum absolute atomic E-state index is 0.318. The van der Waals surface area contributed by atoms with Gasteiger partial charge in [0.15, 0.2) is 0 Å². The van der Waals surface area contributed by atoms with E-state index >= 15 is 0 Å². The van der Waals surface area contributed by atoms with E-state index in [1.165, 1.54) is 19.3 Å². The zero-order valence-electron chi connectivity index (χ0n) is 7.59. The van der Waals surface area contributed by atoms with Gasteiger partial charge in [0.1, 0.15) is 6.26 Å². The first-order chi connectivity index (χ1) is 5.77. The number of carbonyl (C=O) groups is 1. The molecule has 12 heavy (non-hydrogen) atoms. The molecule has 0 heterocycles. The number of unbranched alkanes of at least 4 members (excludes halogenated alkanes) is 2. The Hall–Kier alpha value is -1.23. The summed E-state index contributed by atoms with van der Waals surface area (Å²) in [5, 5.41) is 0. The van der Waals surface area contributed by atoms with Crippen LogP contribution in [0.2, 0.25) is 0 Å². The number of esters is 1. The summed E-state index contributed by atoms with van der Waals surface area (Å²) in [6.45, 7) is 3.48. The molecule has 0 unspecified atom stereocenters. The van der Waals surface area contributed by atoms with Crippen LogP contribution in [0.25, 0.3) is 0 Å². The van der Waals surface area contributed by atoms with Gasteiger partial charge in [0.05, 0.1) is 0 Å². The van der Waals surface area contributed by atoms with Crippen LogP contribution >= 0.6 is 0 Å². The van der Waals surface area contributed by atoms with E-state index in [1.54, 1.807) is 0 Å². The van der Waals surface area contributed by atoms with E-state index in [0.717, 1.165) is 19.3 Å². The van der Waals surface area contributed by atoms with Gasteiger partial charge in [0, 0.05) is 19.4 Å². The molecule has 66 valence electrons. The molecule has 0 aliphatic heterocycles. The zero-order chi connectivity index (χ0) is 9.23. The molecule has 0 aliphatic carbocycles. The Labute approximate surface area is 73.6 Å². The predicted molar refractivity (Wildman–Crippen MR) is 48.2 cm³/mol. The molecule has 2 heteroatoms. The summed E-state index contributed by atoms with van der Waals surface area (Å²) in [5.74, 6) is 5.38. The summed E-state index contributed by atoms with van der Waals surface area (Å²) in [7, 11) is 0. The van der Waals surface area contributed by atoms with Crippen molar-refractivity contribution in [3.05, 3.63) is 12.3 Å². The third-order valence-corrected chi connectivity index (χ3v) is 1.14. The molecule has 0 aromatic heterocycles. The molecule has 0 N–H and O–H groups in total. The number of rotatable bonds is 3. The normalized spacial score (nSPS) is 9.17. The Morgan fingerprint density at radius 2 is 2.33 bits per heavy atom. The highest BCUT2D eigenvalue weighted by Gasteiger charge is 1.81. The Morgan fingerprint density at radius 1 is 1.58 bits per heavy atom. The minimum atomic E-state index is -0.318. The molecule has 0 fully saturated rings. The lowest BCUT2D eigenvalue weighted by molar-refractivity contribution is -0.135. The summed E-state index contributed by atoms with van der Waals surface area (Å²) in [6, 6.07) is 0. The van der Waals surface area contributed by atoms with E-state index in [4.69, 9.17) is 0 Å². The highest BCUT2D eigenvalue weighted by atomic mass is 16.5. The number of hydrogen-bond acceptors (Lipinski definition) is 2. The van der Waals surface area contributed by atoms with Crippen molar-refractivity contribution in [1.29, 1.82) is 0 Å². The first-order valence-electron chi connectivity index (χ1n) is 4.08. The van der Waals surface area contributed by atoms with Crippen molar-refractivity contribution >= 4 is 5.97 Å². The number of carbonyl (C=O) groups excluding carboxylic acids is 1. The molecule has 0 saturated carbocycles. The molecule has 0 aromatic rings. The van der Waals surface area contributed by atoms with Crippen molar-refractivity contribution in [3.63, 3.8) is 0 Å². The van der Waals surface area contributed by atoms with Crippen LogP contribution in [0.3, 0.4) is 0 Å². The third-order valence-electron chi connectivity index (χ3n) is 1.14. The topological polar surface area (TPSA) is 26.3 Å². The van der Waals surface area contributed by atoms with Crippen LogP contribution in [-0.2, 0) is 9.53 Å². The van der Waals surface area contributed by atoms with E-state index in [0.29, 0.717) is 0 Å². The van der Waals surface area contributed by atoms with Crippen LogP contribution < -0.4 is 0 Å². The van der Waals surface area contributed by atoms with Gasteiger partial charge in [-0.05, 0) is 6.42 Å². The van der Waals surface area contributed by atoms with E-state index in [1.807, 2.05) is 0 Å². The van der Waals surface area contributed by atoms with Gasteiger partial charge in [-0.2, -0.15) is 0 Å². The van der Waals surface area contributed by atoms with Crippen molar-refractivity contribution in [2.24, 2.45) is 0 Å². The summed E-state index contributed by atoms with van der Waals surface area (Å²) in [6.07, 6.45) is 6.02. The van der Waals surface area contributed by atoms with Gasteiger partial charge in [-0.15, -0.1) is 0 Å². The molecular formula is C10H14O2. The average molecular weight is 166 g/mol. The van der Waals surface area contributed by atoms with E-state index in [2.05, 4.69) is 23.5 Å². The van der Waals surface area contributed by atoms with Gasteiger partial charge < -0.3 is 4.74 Å². The largest absolute Gasteiger partial charge is 0.434 e. The van der Waals surface area contributed by atoms with Gasteiger partial charge in [-0.3, -0.25) is 4.79 Å². The molecule has 0 aliphatic rings. The first kappa shape index (κ1) is 10.8. The molecule has 0 spiro atoms. The Balaban J connectivity index is 3.42. The second kappa shape index (κ2) is 7.87. The van der Waals surface area contributed by atoms with Crippen LogP contribution in [0.4, 0.5) is 0 Å². The third kappa shape index (κ3) is 8.77. The molecule has 0 rings (SSSR count). The summed E-state index contributed by atoms with van der Waals surface area (Å²) in [5.41, 5.74) is 0. The molecule has 0 bridgehead atoms. The quantitative estimate of drug-likeness (QED) is 0.278. The minimum Gasteiger partial charge on any atom is -0.434 e. The fourth-order valence-electron chi connectivity index (χ4n) is 0.560. The lowest BCUT2D eigenvalue weighted by atomic mass is 10.2. The monoisotopic (exact) mass is 166 g/mol. The molecule has 0 aromatic carbocycles. The van der Waals surface area contributed by atoms with Crippen molar-refractivity contribution in [2.75, 3.05) is 0 Å². The maximum absolute atomic E-state index is 10.3. The van der Waals surface area contributed by atoms with Gasteiger partial charge in [0.2, 0.25) is 0 Å². The summed E-state index contributed by atoms with van der Waals surface area (Å²) in [4.78, 5) is 10.3. The fraction of sp³-hybridized carbons (Fsp3) is 0.500. The van der Waals surface area contributed by atoms with Crippen LogP contribution in [0.1, 0.15) is 33.1 Å². The van der Waals surface area contributed by atoms with Gasteiger partial charge in [-0.25, -0.2) is 0 Å². The van der Waals surface area contributed by atoms with Crippen LogP contribution in [0, 0.1) is 11.8 Å². The molecule has 0 atom stereocenters. The highest BCUT2D eigenvalue weighted by molar-refractivity contribution is 5.66. The van der Waals surface area contributed by atoms with Crippen LogP contribution in [-0.4, -0.2) is 5.97 Å². The van der Waals surface area contributed by atoms with Gasteiger partial charge in [0.25, 0.3) is 0 Å². The van der Waals surface area contributed by atoms with Crippen LogP contribution in [0.15, 0.2) is 12.3 Å². The fourth-order valence-corrected chi connectivity index (χ4v) is 0.560. The predicted octanol–water partition coefficient (Wildman–Crippen LogP) is 2.26. The standard InChI is InChI=1S/C10H14O2/c1-3-4-5-6-7-8-9-12-10(2)11/h8-9H,3-5H2,1-2H3/b9-8+. The Bertz CT molecular complexity index is 206. The zero-order valence-corrected chi connectivity index (χ0v) is 7.59. The highest BCUT2D eigenvalue weighted by Crippen LogP contribution is 1.90. The Kier molecular flexibility index (Phi) is 7.07. The SMILES string of the molecule is CCCCC#C/C=C/OC(C)=O. The number of allylic oxidation sites excluding steroid dienone is 1. The average Bonchev–Trinajstić information content (AvgIpc) is 2.02. The van der Waals surface area contributed by atoms with Gasteiger partial charge >= 0.3 is 5.97 Å². The van der Waals surface area contributed by atoms with E-state index < -0.39 is 0 Å². The summed E-state index contributed by atoms with van der Waals surface area (Å²) >= 11 is 0. The van der Waals surface area contributed by atoms with Crippen molar-refractivity contribution in [3.8, 4) is 11.8 Å². The summed E-state index contributed by atoms with van der Waals surface area (Å²) < 4.78 is 4.53. The van der Waals surface area contributed by atoms with E-state index in [-0.39, 0.29) is 5.97 Å². The molecule has 0 radical (unpaired) electrons. The van der Waals surface area contributed by atoms with Crippen molar-refractivity contribution in [1.82, 2.24) is 0 Å². The molecule has 0 amide bonds. The number of ether oxygens (including phenoxy) is 1. The maximum atomic E-state index is 10.3. The van der Waals surface area contributed by atoms with Gasteiger partial charge in [-0.1, -0.05) is 25.2 Å². The Morgan fingerprint density at radius 3 is 2.92 bits per heavy atom. The molecule has 2 nitrogen and oxygen atoms in total. The molecule has 0 saturated heterocycles. The van der Waals surface area contributed by atoms with Crippen molar-refractivity contribution < 1.29 is 9.53 Å². The number of hydrogen-bond donors (Lipinski definition) is 0. The smallest absolute Gasteiger partial charge is 0.307 e. The first-order valence-corrected chi connectivity index (χ1v) is 4.08. The second-order valence-corrected chi connectivity index (χ2v) is 2.34.